The number of hydrogen-bond acceptors (Lipinski definition) is 4. The van der Waals surface area contributed by atoms with Crippen LogP contribution in [0.25, 0.3) is 0 Å². The van der Waals surface area contributed by atoms with Gasteiger partial charge in [0.15, 0.2) is 0 Å². The summed E-state index contributed by atoms with van der Waals surface area (Å²) in [7, 11) is 1.60. The highest BCUT2D eigenvalue weighted by Gasteiger charge is 2.20. The van der Waals surface area contributed by atoms with Crippen molar-refractivity contribution in [2.24, 2.45) is 0 Å². The van der Waals surface area contributed by atoms with E-state index in [0.29, 0.717) is 5.56 Å². The molecule has 4 heteroatoms. The zero-order valence-corrected chi connectivity index (χ0v) is 10.5. The van der Waals surface area contributed by atoms with E-state index in [9.17, 15) is 10.2 Å². The minimum absolute atomic E-state index is 0.146. The molecule has 0 radical (unpaired) electrons. The van der Waals surface area contributed by atoms with E-state index in [4.69, 9.17) is 9.84 Å². The lowest BCUT2D eigenvalue weighted by Gasteiger charge is -2.20. The Morgan fingerprint density at radius 3 is 2.35 bits per heavy atom. The average molecular weight is 240 g/mol. The van der Waals surface area contributed by atoms with Crippen molar-refractivity contribution in [1.82, 2.24) is 0 Å². The predicted molar refractivity (Wildman–Crippen MR) is 65.1 cm³/mol. The molecule has 17 heavy (non-hydrogen) atoms. The van der Waals surface area contributed by atoms with Gasteiger partial charge in [-0.2, -0.15) is 0 Å². The quantitative estimate of drug-likeness (QED) is 0.720. The summed E-state index contributed by atoms with van der Waals surface area (Å²) in [5, 5.41) is 28.4. The molecule has 4 nitrogen and oxygen atoms in total. The van der Waals surface area contributed by atoms with E-state index in [1.54, 1.807) is 13.2 Å². The van der Waals surface area contributed by atoms with Gasteiger partial charge >= 0.3 is 0 Å². The molecule has 1 aromatic carbocycles. The first-order valence-corrected chi connectivity index (χ1v) is 5.63. The van der Waals surface area contributed by atoms with Gasteiger partial charge in [-0.25, -0.2) is 0 Å². The van der Waals surface area contributed by atoms with Gasteiger partial charge in [-0.05, 0) is 49.1 Å². The van der Waals surface area contributed by atoms with Gasteiger partial charge in [-0.1, -0.05) is 0 Å². The summed E-state index contributed by atoms with van der Waals surface area (Å²) in [5.74, 6) is 0.759. The first-order chi connectivity index (χ1) is 8.01. The number of rotatable bonds is 5. The van der Waals surface area contributed by atoms with Crippen molar-refractivity contribution in [3.8, 4) is 5.75 Å². The molecule has 0 heterocycles. The number of benzene rings is 1. The molecule has 0 aromatic heterocycles. The van der Waals surface area contributed by atoms with Gasteiger partial charge in [0.2, 0.25) is 0 Å². The fourth-order valence-electron chi connectivity index (χ4n) is 1.85. The molecular weight excluding hydrogens is 220 g/mol. The number of methoxy groups -OCH3 is 1. The number of aryl methyl sites for hydroxylation is 2. The van der Waals surface area contributed by atoms with Gasteiger partial charge in [0.25, 0.3) is 0 Å². The topological polar surface area (TPSA) is 69.9 Å². The molecule has 0 saturated carbocycles. The zero-order valence-electron chi connectivity index (χ0n) is 10.5. The summed E-state index contributed by atoms with van der Waals surface area (Å²) in [6.07, 6.45) is -1.77. The standard InChI is InChI=1S/C13H20O4/c1-8-7-12(17-3)9(2)6-10(8)13(16)11(15)4-5-14/h6-7,11,13-16H,4-5H2,1-3H3. The van der Waals surface area contributed by atoms with E-state index < -0.39 is 12.2 Å². The highest BCUT2D eigenvalue weighted by molar-refractivity contribution is 5.42. The fourth-order valence-corrected chi connectivity index (χ4v) is 1.85. The zero-order chi connectivity index (χ0) is 13.0. The molecule has 0 aliphatic carbocycles. The molecule has 0 amide bonds. The second-order valence-corrected chi connectivity index (χ2v) is 4.20. The van der Waals surface area contributed by atoms with E-state index >= 15 is 0 Å². The Balaban J connectivity index is 3.01. The van der Waals surface area contributed by atoms with Crippen LogP contribution in [0.2, 0.25) is 0 Å². The smallest absolute Gasteiger partial charge is 0.122 e. The average Bonchev–Trinajstić information content (AvgIpc) is 2.31. The highest BCUT2D eigenvalue weighted by Crippen LogP contribution is 2.28. The number of hydrogen-bond donors (Lipinski definition) is 3. The Bertz CT molecular complexity index is 376. The third kappa shape index (κ3) is 3.19. The minimum Gasteiger partial charge on any atom is -0.496 e. The van der Waals surface area contributed by atoms with Crippen LogP contribution < -0.4 is 4.74 Å². The maximum atomic E-state index is 9.99. The van der Waals surface area contributed by atoms with Crippen LogP contribution in [0.1, 0.15) is 29.2 Å². The van der Waals surface area contributed by atoms with Crippen LogP contribution in [0.5, 0.6) is 5.75 Å². The van der Waals surface area contributed by atoms with Crippen molar-refractivity contribution in [2.45, 2.75) is 32.5 Å². The van der Waals surface area contributed by atoms with Crippen molar-refractivity contribution in [1.29, 1.82) is 0 Å². The Labute approximate surface area is 101 Å². The number of aliphatic hydroxyl groups is 3. The van der Waals surface area contributed by atoms with Crippen LogP contribution >= 0.6 is 0 Å². The van der Waals surface area contributed by atoms with Gasteiger partial charge < -0.3 is 20.1 Å². The third-order valence-corrected chi connectivity index (χ3v) is 2.89. The van der Waals surface area contributed by atoms with Crippen LogP contribution in [-0.4, -0.2) is 35.1 Å². The SMILES string of the molecule is COc1cc(C)c(C(O)C(O)CCO)cc1C. The summed E-state index contributed by atoms with van der Waals surface area (Å²) >= 11 is 0. The first kappa shape index (κ1) is 14.0. The Morgan fingerprint density at radius 2 is 1.82 bits per heavy atom. The van der Waals surface area contributed by atoms with E-state index in [-0.39, 0.29) is 13.0 Å². The molecule has 2 atom stereocenters. The van der Waals surface area contributed by atoms with E-state index in [1.165, 1.54) is 0 Å². The van der Waals surface area contributed by atoms with Crippen LogP contribution in [0.3, 0.4) is 0 Å². The van der Waals surface area contributed by atoms with Crippen molar-refractivity contribution in [3.63, 3.8) is 0 Å². The summed E-state index contributed by atoms with van der Waals surface area (Å²) in [6, 6.07) is 3.64. The molecule has 1 aromatic rings. The van der Waals surface area contributed by atoms with E-state index in [2.05, 4.69) is 0 Å². The van der Waals surface area contributed by atoms with Crippen LogP contribution in [-0.2, 0) is 0 Å². The second-order valence-electron chi connectivity index (χ2n) is 4.20. The molecule has 96 valence electrons. The van der Waals surface area contributed by atoms with Crippen LogP contribution in [0, 0.1) is 13.8 Å². The summed E-state index contributed by atoms with van der Waals surface area (Å²) in [6.45, 7) is 3.59. The molecular formula is C13H20O4. The molecule has 0 aliphatic heterocycles. The molecule has 0 bridgehead atoms. The molecule has 1 rings (SSSR count). The molecule has 0 fully saturated rings. The Hall–Kier alpha value is -1.10. The maximum Gasteiger partial charge on any atom is 0.122 e. The lowest BCUT2D eigenvalue weighted by Crippen LogP contribution is -2.20. The van der Waals surface area contributed by atoms with Crippen molar-refractivity contribution >= 4 is 0 Å². The van der Waals surface area contributed by atoms with Gasteiger partial charge in [-0.3, -0.25) is 0 Å². The third-order valence-electron chi connectivity index (χ3n) is 2.89. The molecule has 0 aliphatic rings. The fraction of sp³-hybridized carbons (Fsp3) is 0.538. The first-order valence-electron chi connectivity index (χ1n) is 5.63. The Kier molecular flexibility index (Phi) is 4.93. The minimum atomic E-state index is -0.980. The normalized spacial score (nSPS) is 14.5. The van der Waals surface area contributed by atoms with Gasteiger partial charge in [0.05, 0.1) is 13.2 Å². The van der Waals surface area contributed by atoms with Gasteiger partial charge in [0.1, 0.15) is 11.9 Å². The molecule has 0 spiro atoms. The number of ether oxygens (including phenoxy) is 1. The maximum absolute atomic E-state index is 9.99. The number of aliphatic hydroxyl groups excluding tert-OH is 3. The molecule has 3 N–H and O–H groups in total. The van der Waals surface area contributed by atoms with Gasteiger partial charge in [0, 0.05) is 6.61 Å². The van der Waals surface area contributed by atoms with Gasteiger partial charge in [-0.15, -0.1) is 0 Å². The van der Waals surface area contributed by atoms with Crippen LogP contribution in [0.15, 0.2) is 12.1 Å². The van der Waals surface area contributed by atoms with Crippen LogP contribution in [0.4, 0.5) is 0 Å². The molecule has 2 unspecified atom stereocenters. The van der Waals surface area contributed by atoms with Crippen molar-refractivity contribution in [3.05, 3.63) is 28.8 Å². The highest BCUT2D eigenvalue weighted by atomic mass is 16.5. The van der Waals surface area contributed by atoms with Crippen molar-refractivity contribution in [2.75, 3.05) is 13.7 Å². The monoisotopic (exact) mass is 240 g/mol. The van der Waals surface area contributed by atoms with Crippen molar-refractivity contribution < 1.29 is 20.1 Å². The molecule has 0 saturated heterocycles. The second kappa shape index (κ2) is 6.00. The summed E-state index contributed by atoms with van der Waals surface area (Å²) in [5.41, 5.74) is 2.43. The largest absolute Gasteiger partial charge is 0.496 e. The van der Waals surface area contributed by atoms with E-state index in [0.717, 1.165) is 16.9 Å². The summed E-state index contributed by atoms with van der Waals surface area (Å²) < 4.78 is 5.18. The summed E-state index contributed by atoms with van der Waals surface area (Å²) in [4.78, 5) is 0. The lowest BCUT2D eigenvalue weighted by molar-refractivity contribution is 0.00383. The predicted octanol–water partition coefficient (Wildman–Crippen LogP) is 1.09. The van der Waals surface area contributed by atoms with E-state index in [1.807, 2.05) is 19.9 Å². The lowest BCUT2D eigenvalue weighted by atomic mass is 9.95. The Morgan fingerprint density at radius 1 is 1.18 bits per heavy atom.